The number of hydrogen-bond donors (Lipinski definition) is 0. The SMILES string of the molecule is Cc1cccc(C(C#N)=Cc2cc3c(cc2[N+](=O)[O-])OCO3)c1. The van der Waals surface area contributed by atoms with Gasteiger partial charge in [0.25, 0.3) is 5.69 Å². The van der Waals surface area contributed by atoms with Crippen molar-refractivity contribution in [3.8, 4) is 17.6 Å². The number of fused-ring (bicyclic) bond motifs is 1. The van der Waals surface area contributed by atoms with Gasteiger partial charge in [0.15, 0.2) is 11.5 Å². The molecule has 2 aromatic rings. The Morgan fingerprint density at radius 3 is 2.70 bits per heavy atom. The van der Waals surface area contributed by atoms with Crippen molar-refractivity contribution in [2.75, 3.05) is 6.79 Å². The first-order chi connectivity index (χ1) is 11.1. The van der Waals surface area contributed by atoms with Gasteiger partial charge in [-0.3, -0.25) is 10.1 Å². The van der Waals surface area contributed by atoms with E-state index >= 15 is 0 Å². The number of aryl methyl sites for hydroxylation is 1. The molecule has 0 spiro atoms. The number of rotatable bonds is 3. The maximum absolute atomic E-state index is 11.3. The average Bonchev–Trinajstić information content (AvgIpc) is 2.98. The molecule has 1 aliphatic heterocycles. The Kier molecular flexibility index (Phi) is 3.69. The quantitative estimate of drug-likeness (QED) is 0.373. The predicted molar refractivity (Wildman–Crippen MR) is 83.9 cm³/mol. The second-order valence-corrected chi connectivity index (χ2v) is 5.06. The van der Waals surface area contributed by atoms with E-state index in [9.17, 15) is 15.4 Å². The Balaban J connectivity index is 2.13. The zero-order valence-electron chi connectivity index (χ0n) is 12.3. The van der Waals surface area contributed by atoms with Gasteiger partial charge < -0.3 is 9.47 Å². The average molecular weight is 308 g/mol. The van der Waals surface area contributed by atoms with E-state index < -0.39 is 4.92 Å². The fourth-order valence-electron chi connectivity index (χ4n) is 2.37. The van der Waals surface area contributed by atoms with Crippen molar-refractivity contribution >= 4 is 17.3 Å². The molecule has 1 heterocycles. The Hall–Kier alpha value is -3.33. The number of hydrogen-bond acceptors (Lipinski definition) is 5. The van der Waals surface area contributed by atoms with Gasteiger partial charge >= 0.3 is 0 Å². The van der Waals surface area contributed by atoms with E-state index in [-0.39, 0.29) is 12.5 Å². The van der Waals surface area contributed by atoms with E-state index in [1.807, 2.05) is 25.1 Å². The monoisotopic (exact) mass is 308 g/mol. The van der Waals surface area contributed by atoms with Crippen LogP contribution < -0.4 is 9.47 Å². The lowest BCUT2D eigenvalue weighted by Crippen LogP contribution is -1.93. The van der Waals surface area contributed by atoms with Crippen LogP contribution in [0.2, 0.25) is 0 Å². The van der Waals surface area contributed by atoms with Crippen LogP contribution in [0.4, 0.5) is 5.69 Å². The molecule has 0 amide bonds. The molecular formula is C17H12N2O4. The number of nitro groups is 1. The molecule has 6 heteroatoms. The molecule has 0 N–H and O–H groups in total. The van der Waals surface area contributed by atoms with E-state index in [1.54, 1.807) is 6.07 Å². The van der Waals surface area contributed by atoms with Crippen LogP contribution >= 0.6 is 0 Å². The van der Waals surface area contributed by atoms with Gasteiger partial charge in [-0.1, -0.05) is 29.8 Å². The summed E-state index contributed by atoms with van der Waals surface area (Å²) in [5.41, 5.74) is 2.23. The fraction of sp³-hybridized carbons (Fsp3) is 0.118. The molecule has 0 bridgehead atoms. The zero-order chi connectivity index (χ0) is 16.4. The van der Waals surface area contributed by atoms with Crippen molar-refractivity contribution in [1.82, 2.24) is 0 Å². The molecule has 0 saturated heterocycles. The van der Waals surface area contributed by atoms with Gasteiger partial charge in [0, 0.05) is 0 Å². The summed E-state index contributed by atoms with van der Waals surface area (Å²) in [5.74, 6) is 0.770. The highest BCUT2D eigenvalue weighted by molar-refractivity contribution is 5.91. The minimum atomic E-state index is -0.501. The molecule has 0 atom stereocenters. The van der Waals surface area contributed by atoms with Crippen LogP contribution in [-0.4, -0.2) is 11.7 Å². The minimum Gasteiger partial charge on any atom is -0.454 e. The maximum atomic E-state index is 11.3. The topological polar surface area (TPSA) is 85.4 Å². The fourth-order valence-corrected chi connectivity index (χ4v) is 2.37. The van der Waals surface area contributed by atoms with E-state index in [4.69, 9.17) is 9.47 Å². The number of benzene rings is 2. The first-order valence-electron chi connectivity index (χ1n) is 6.85. The Morgan fingerprint density at radius 1 is 1.30 bits per heavy atom. The van der Waals surface area contributed by atoms with Gasteiger partial charge in [0.05, 0.1) is 28.2 Å². The predicted octanol–water partition coefficient (Wildman–Crippen LogP) is 3.70. The molecule has 0 saturated carbocycles. The third-order valence-corrected chi connectivity index (χ3v) is 3.47. The summed E-state index contributed by atoms with van der Waals surface area (Å²) in [5, 5.41) is 20.7. The van der Waals surface area contributed by atoms with Gasteiger partial charge in [-0.15, -0.1) is 0 Å². The summed E-state index contributed by atoms with van der Waals surface area (Å²) in [7, 11) is 0. The summed E-state index contributed by atoms with van der Waals surface area (Å²) in [6.45, 7) is 1.95. The molecule has 6 nitrogen and oxygen atoms in total. The van der Waals surface area contributed by atoms with Gasteiger partial charge in [0.1, 0.15) is 0 Å². The van der Waals surface area contributed by atoms with Crippen LogP contribution in [-0.2, 0) is 0 Å². The maximum Gasteiger partial charge on any atom is 0.280 e. The smallest absolute Gasteiger partial charge is 0.280 e. The Bertz CT molecular complexity index is 865. The lowest BCUT2D eigenvalue weighted by atomic mass is 10.0. The molecule has 0 aliphatic carbocycles. The van der Waals surface area contributed by atoms with E-state index in [2.05, 4.69) is 6.07 Å². The van der Waals surface area contributed by atoms with Gasteiger partial charge in [-0.2, -0.15) is 5.26 Å². The molecular weight excluding hydrogens is 296 g/mol. The molecule has 3 rings (SSSR count). The van der Waals surface area contributed by atoms with Crippen LogP contribution in [0.25, 0.3) is 11.6 Å². The van der Waals surface area contributed by atoms with Crippen LogP contribution in [0.1, 0.15) is 16.7 Å². The van der Waals surface area contributed by atoms with Crippen molar-refractivity contribution < 1.29 is 14.4 Å². The lowest BCUT2D eigenvalue weighted by molar-refractivity contribution is -0.385. The highest BCUT2D eigenvalue weighted by Gasteiger charge is 2.22. The van der Waals surface area contributed by atoms with Crippen molar-refractivity contribution in [2.24, 2.45) is 0 Å². The first kappa shape index (κ1) is 14.6. The van der Waals surface area contributed by atoms with E-state index in [1.165, 1.54) is 18.2 Å². The molecule has 0 fully saturated rings. The Morgan fingerprint density at radius 2 is 2.04 bits per heavy atom. The first-order valence-corrected chi connectivity index (χ1v) is 6.85. The second-order valence-electron chi connectivity index (χ2n) is 5.06. The number of ether oxygens (including phenoxy) is 2. The van der Waals surface area contributed by atoms with Crippen LogP contribution in [0.5, 0.6) is 11.5 Å². The van der Waals surface area contributed by atoms with E-state index in [0.29, 0.717) is 28.2 Å². The van der Waals surface area contributed by atoms with Gasteiger partial charge in [-0.05, 0) is 24.6 Å². The highest BCUT2D eigenvalue weighted by atomic mass is 16.7. The van der Waals surface area contributed by atoms with Crippen molar-refractivity contribution in [2.45, 2.75) is 6.92 Å². The van der Waals surface area contributed by atoms with E-state index in [0.717, 1.165) is 5.56 Å². The molecule has 114 valence electrons. The molecule has 0 aromatic heterocycles. The number of nitrogens with zero attached hydrogens (tertiary/aromatic N) is 2. The second kappa shape index (κ2) is 5.81. The van der Waals surface area contributed by atoms with Gasteiger partial charge in [0.2, 0.25) is 6.79 Å². The third-order valence-electron chi connectivity index (χ3n) is 3.47. The summed E-state index contributed by atoms with van der Waals surface area (Å²) in [4.78, 5) is 10.8. The van der Waals surface area contributed by atoms with Crippen molar-refractivity contribution in [3.05, 3.63) is 63.2 Å². The van der Waals surface area contributed by atoms with Crippen molar-refractivity contribution in [3.63, 3.8) is 0 Å². The Labute approximate surface area is 132 Å². The molecule has 1 aliphatic rings. The van der Waals surface area contributed by atoms with Crippen LogP contribution in [0.3, 0.4) is 0 Å². The largest absolute Gasteiger partial charge is 0.454 e. The summed E-state index contributed by atoms with van der Waals surface area (Å²) in [6.07, 6.45) is 1.49. The number of nitriles is 1. The number of nitro benzene ring substituents is 1. The van der Waals surface area contributed by atoms with Gasteiger partial charge in [-0.25, -0.2) is 0 Å². The summed E-state index contributed by atoms with van der Waals surface area (Å²) < 4.78 is 10.4. The molecule has 23 heavy (non-hydrogen) atoms. The molecule has 0 unspecified atom stereocenters. The lowest BCUT2D eigenvalue weighted by Gasteiger charge is -2.04. The molecule has 2 aromatic carbocycles. The minimum absolute atomic E-state index is 0.0304. The summed E-state index contributed by atoms with van der Waals surface area (Å²) in [6, 6.07) is 12.3. The summed E-state index contributed by atoms with van der Waals surface area (Å²) >= 11 is 0. The van der Waals surface area contributed by atoms with Crippen molar-refractivity contribution in [1.29, 1.82) is 5.26 Å². The molecule has 0 radical (unpaired) electrons. The van der Waals surface area contributed by atoms with Crippen LogP contribution in [0, 0.1) is 28.4 Å². The zero-order valence-corrected chi connectivity index (χ0v) is 12.3. The number of allylic oxidation sites excluding steroid dienone is 1. The third kappa shape index (κ3) is 2.85. The highest BCUT2D eigenvalue weighted by Crippen LogP contribution is 2.39. The standard InChI is InChI=1S/C17H12N2O4/c1-11-3-2-4-12(5-11)14(9-18)6-13-7-16-17(23-10-22-16)8-15(13)19(20)21/h2-8H,10H2,1H3. The normalized spacial score (nSPS) is 12.8. The van der Waals surface area contributed by atoms with Crippen LogP contribution in [0.15, 0.2) is 36.4 Å².